The van der Waals surface area contributed by atoms with Gasteiger partial charge in [0, 0.05) is 0 Å². The zero-order chi connectivity index (χ0) is 9.46. The summed E-state index contributed by atoms with van der Waals surface area (Å²) < 4.78 is -0.999. The molecule has 0 aromatic carbocycles. The third-order valence-corrected chi connectivity index (χ3v) is 2.65. The predicted molar refractivity (Wildman–Crippen MR) is 41.9 cm³/mol. The van der Waals surface area contributed by atoms with Crippen molar-refractivity contribution in [2.45, 2.75) is 0 Å². The van der Waals surface area contributed by atoms with Gasteiger partial charge in [-0.1, -0.05) is 0 Å². The van der Waals surface area contributed by atoms with Gasteiger partial charge in [0.2, 0.25) is 0 Å². The Hall–Kier alpha value is -0.620. The number of hydrogen-bond donors (Lipinski definition) is 0. The fourth-order valence-electron chi connectivity index (χ4n) is 0.605. The van der Waals surface area contributed by atoms with Gasteiger partial charge in [-0.15, -0.1) is 0 Å². The van der Waals surface area contributed by atoms with Crippen LogP contribution in [0.3, 0.4) is 0 Å². The fourth-order valence-corrected chi connectivity index (χ4v) is 1.33. The molecular formula is C6Br2O4-2. The minimum Gasteiger partial charge on any atom is -0.869 e. The minimum atomic E-state index is -0.994. The molecule has 0 N–H and O–H groups in total. The standard InChI is InChI=1S/C6H2Br2O4/c7-1-3(9)5(11)2(8)6(12)4(1)10/h9,12H/p-2. The molecule has 6 heteroatoms. The Labute approximate surface area is 83.8 Å². The Morgan fingerprint density at radius 1 is 0.833 bits per heavy atom. The van der Waals surface area contributed by atoms with E-state index >= 15 is 0 Å². The summed E-state index contributed by atoms with van der Waals surface area (Å²) in [7, 11) is 0. The van der Waals surface area contributed by atoms with E-state index in [1.807, 2.05) is 0 Å². The van der Waals surface area contributed by atoms with Gasteiger partial charge in [-0.05, 0) is 43.4 Å². The summed E-state index contributed by atoms with van der Waals surface area (Å²) in [4.78, 5) is 21.7. The van der Waals surface area contributed by atoms with Crippen molar-refractivity contribution in [2.75, 3.05) is 0 Å². The summed E-state index contributed by atoms with van der Waals surface area (Å²) in [6, 6.07) is 0. The van der Waals surface area contributed by atoms with Gasteiger partial charge in [-0.2, -0.15) is 0 Å². The number of Topliss-reactive ketones (excluding diaryl/α,β-unsaturated/α-hetero) is 2. The average molecular weight is 296 g/mol. The molecule has 1 aliphatic rings. The quantitative estimate of drug-likeness (QED) is 0.541. The summed E-state index contributed by atoms with van der Waals surface area (Å²) in [5.41, 5.74) is 0. The van der Waals surface area contributed by atoms with Crippen LogP contribution in [0.25, 0.3) is 0 Å². The Morgan fingerprint density at radius 3 is 1.33 bits per heavy atom. The molecule has 1 aliphatic carbocycles. The lowest BCUT2D eigenvalue weighted by atomic mass is 10.1. The third-order valence-electron chi connectivity index (χ3n) is 1.21. The Kier molecular flexibility index (Phi) is 2.39. The molecule has 0 aliphatic heterocycles. The van der Waals surface area contributed by atoms with Gasteiger partial charge in [0.25, 0.3) is 0 Å². The minimum absolute atomic E-state index is 0.499. The number of hydrogen-bond acceptors (Lipinski definition) is 4. The monoisotopic (exact) mass is 294 g/mol. The van der Waals surface area contributed by atoms with Crippen molar-refractivity contribution in [1.29, 1.82) is 0 Å². The first kappa shape index (κ1) is 9.47. The lowest BCUT2D eigenvalue weighted by Gasteiger charge is -2.23. The number of allylic oxidation sites excluding steroid dienone is 2. The predicted octanol–water partition coefficient (Wildman–Crippen LogP) is -0.928. The highest BCUT2D eigenvalue weighted by Crippen LogP contribution is 2.25. The van der Waals surface area contributed by atoms with Crippen LogP contribution in [-0.4, -0.2) is 11.6 Å². The summed E-state index contributed by atoms with van der Waals surface area (Å²) in [5.74, 6) is -3.98. The summed E-state index contributed by atoms with van der Waals surface area (Å²) in [6.07, 6.45) is 0. The van der Waals surface area contributed by atoms with Crippen molar-refractivity contribution in [1.82, 2.24) is 0 Å². The molecule has 64 valence electrons. The van der Waals surface area contributed by atoms with Crippen LogP contribution in [0.15, 0.2) is 20.5 Å². The largest absolute Gasteiger partial charge is 0.869 e. The van der Waals surface area contributed by atoms with Crippen LogP contribution < -0.4 is 10.2 Å². The smallest absolute Gasteiger partial charge is 0.185 e. The molecular weight excluding hydrogens is 296 g/mol. The highest BCUT2D eigenvalue weighted by Gasteiger charge is 2.21. The second kappa shape index (κ2) is 3.02. The van der Waals surface area contributed by atoms with Crippen LogP contribution in [0.4, 0.5) is 0 Å². The van der Waals surface area contributed by atoms with E-state index in [0.717, 1.165) is 0 Å². The van der Waals surface area contributed by atoms with Crippen LogP contribution in [0.5, 0.6) is 0 Å². The van der Waals surface area contributed by atoms with Crippen molar-refractivity contribution >= 4 is 43.4 Å². The molecule has 0 radical (unpaired) electrons. The summed E-state index contributed by atoms with van der Waals surface area (Å²) in [5, 5.41) is 21.7. The molecule has 0 saturated heterocycles. The van der Waals surface area contributed by atoms with E-state index in [1.165, 1.54) is 0 Å². The first-order valence-electron chi connectivity index (χ1n) is 2.69. The highest BCUT2D eigenvalue weighted by molar-refractivity contribution is 9.12. The van der Waals surface area contributed by atoms with Crippen molar-refractivity contribution in [2.24, 2.45) is 0 Å². The van der Waals surface area contributed by atoms with Crippen LogP contribution in [0.2, 0.25) is 0 Å². The lowest BCUT2D eigenvalue weighted by Crippen LogP contribution is -2.30. The second-order valence-corrected chi connectivity index (χ2v) is 3.53. The molecule has 0 saturated carbocycles. The first-order valence-corrected chi connectivity index (χ1v) is 4.28. The van der Waals surface area contributed by atoms with E-state index in [4.69, 9.17) is 0 Å². The molecule has 0 aromatic rings. The zero-order valence-corrected chi connectivity index (χ0v) is 8.56. The number of carbonyl (C=O) groups excluding carboxylic acids is 2. The average Bonchev–Trinajstić information content (AvgIpc) is 2.08. The Morgan fingerprint density at radius 2 is 1.08 bits per heavy atom. The van der Waals surface area contributed by atoms with Gasteiger partial charge in [-0.25, -0.2) is 0 Å². The summed E-state index contributed by atoms with van der Waals surface area (Å²) in [6.45, 7) is 0. The molecule has 0 heterocycles. The third kappa shape index (κ3) is 1.21. The van der Waals surface area contributed by atoms with Crippen LogP contribution in [-0.2, 0) is 9.59 Å². The second-order valence-electron chi connectivity index (χ2n) is 1.94. The number of carbonyl (C=O) groups is 2. The van der Waals surface area contributed by atoms with Crippen molar-refractivity contribution < 1.29 is 19.8 Å². The molecule has 0 unspecified atom stereocenters. The van der Waals surface area contributed by atoms with E-state index in [9.17, 15) is 19.8 Å². The lowest BCUT2D eigenvalue weighted by molar-refractivity contribution is -0.306. The van der Waals surface area contributed by atoms with Crippen molar-refractivity contribution in [3.05, 3.63) is 20.5 Å². The van der Waals surface area contributed by atoms with Gasteiger partial charge < -0.3 is 10.2 Å². The topological polar surface area (TPSA) is 80.3 Å². The number of rotatable bonds is 0. The molecule has 0 amide bonds. The molecule has 4 nitrogen and oxygen atoms in total. The fraction of sp³-hybridized carbons (Fsp3) is 0. The van der Waals surface area contributed by atoms with Crippen molar-refractivity contribution in [3.63, 3.8) is 0 Å². The molecule has 12 heavy (non-hydrogen) atoms. The normalized spacial score (nSPS) is 19.2. The van der Waals surface area contributed by atoms with E-state index in [1.54, 1.807) is 0 Å². The molecule has 0 aromatic heterocycles. The first-order chi connectivity index (χ1) is 5.46. The maximum Gasteiger partial charge on any atom is 0.185 e. The highest BCUT2D eigenvalue weighted by atomic mass is 79.9. The van der Waals surface area contributed by atoms with Crippen LogP contribution in [0.1, 0.15) is 0 Å². The van der Waals surface area contributed by atoms with E-state index in [2.05, 4.69) is 31.9 Å². The van der Waals surface area contributed by atoms with Crippen LogP contribution >= 0.6 is 31.9 Å². The number of halogens is 2. The molecule has 0 fully saturated rings. The molecule has 1 rings (SSSR count). The molecule has 0 spiro atoms. The van der Waals surface area contributed by atoms with E-state index in [0.29, 0.717) is 0 Å². The zero-order valence-electron chi connectivity index (χ0n) is 5.39. The molecule has 0 atom stereocenters. The van der Waals surface area contributed by atoms with E-state index in [-0.39, 0.29) is 0 Å². The van der Waals surface area contributed by atoms with Gasteiger partial charge >= 0.3 is 0 Å². The SMILES string of the molecule is O=C1C([O-])=C(Br)C(=O)C([O-])=C1Br. The van der Waals surface area contributed by atoms with Gasteiger partial charge in [0.1, 0.15) is 0 Å². The van der Waals surface area contributed by atoms with Crippen LogP contribution in [0, 0.1) is 0 Å². The Balaban J connectivity index is 3.32. The Bertz CT molecular complexity index is 277. The summed E-state index contributed by atoms with van der Waals surface area (Å²) >= 11 is 5.14. The van der Waals surface area contributed by atoms with E-state index < -0.39 is 32.0 Å². The van der Waals surface area contributed by atoms with Gasteiger partial charge in [-0.3, -0.25) is 9.59 Å². The maximum atomic E-state index is 10.8. The van der Waals surface area contributed by atoms with Gasteiger partial charge in [0.05, 0.1) is 8.96 Å². The number of ketones is 2. The van der Waals surface area contributed by atoms with Crippen molar-refractivity contribution in [3.8, 4) is 0 Å². The van der Waals surface area contributed by atoms with Gasteiger partial charge in [0.15, 0.2) is 11.6 Å². The molecule has 0 bridgehead atoms. The maximum absolute atomic E-state index is 10.8.